The Morgan fingerprint density at radius 2 is 1.74 bits per heavy atom. The third-order valence-electron chi connectivity index (χ3n) is 3.09. The van der Waals surface area contributed by atoms with Crippen LogP contribution in [0.1, 0.15) is 16.7 Å². The SMILES string of the molecule is O=C(O)Cc1ccc(OCc2c(F)cccc2C(F)(F)F)cc1. The van der Waals surface area contributed by atoms with Gasteiger partial charge in [-0.05, 0) is 29.8 Å². The van der Waals surface area contributed by atoms with Gasteiger partial charge in [0.25, 0.3) is 0 Å². The predicted molar refractivity (Wildman–Crippen MR) is 73.5 cm³/mol. The minimum atomic E-state index is -4.67. The van der Waals surface area contributed by atoms with Crippen molar-refractivity contribution in [1.29, 1.82) is 0 Å². The zero-order valence-corrected chi connectivity index (χ0v) is 11.7. The number of halogens is 4. The Morgan fingerprint density at radius 1 is 1.09 bits per heavy atom. The normalized spacial score (nSPS) is 11.3. The van der Waals surface area contributed by atoms with Crippen LogP contribution in [0.15, 0.2) is 42.5 Å². The zero-order chi connectivity index (χ0) is 17.0. The summed E-state index contributed by atoms with van der Waals surface area (Å²) in [6.45, 7) is -0.584. The Hall–Kier alpha value is -2.57. The molecule has 0 saturated heterocycles. The number of hydrogen-bond acceptors (Lipinski definition) is 2. The molecule has 0 unspecified atom stereocenters. The smallest absolute Gasteiger partial charge is 0.416 e. The lowest BCUT2D eigenvalue weighted by atomic mass is 10.1. The fourth-order valence-corrected chi connectivity index (χ4v) is 2.00. The van der Waals surface area contributed by atoms with E-state index in [-0.39, 0.29) is 12.2 Å². The zero-order valence-electron chi connectivity index (χ0n) is 11.7. The number of aliphatic carboxylic acids is 1. The van der Waals surface area contributed by atoms with Gasteiger partial charge in [-0.1, -0.05) is 18.2 Å². The number of carbonyl (C=O) groups is 1. The summed E-state index contributed by atoms with van der Waals surface area (Å²) in [4.78, 5) is 10.6. The monoisotopic (exact) mass is 328 g/mol. The molecule has 0 atom stereocenters. The molecule has 23 heavy (non-hydrogen) atoms. The van der Waals surface area contributed by atoms with Crippen LogP contribution in [0.25, 0.3) is 0 Å². The van der Waals surface area contributed by atoms with E-state index in [9.17, 15) is 22.4 Å². The van der Waals surface area contributed by atoms with Crippen LogP contribution in [0.2, 0.25) is 0 Å². The van der Waals surface area contributed by atoms with Crippen molar-refractivity contribution in [1.82, 2.24) is 0 Å². The van der Waals surface area contributed by atoms with Gasteiger partial charge in [-0.3, -0.25) is 4.79 Å². The number of rotatable bonds is 5. The van der Waals surface area contributed by atoms with Crippen LogP contribution < -0.4 is 4.74 Å². The van der Waals surface area contributed by atoms with Crippen LogP contribution in [-0.4, -0.2) is 11.1 Å². The standard InChI is InChI=1S/C16H12F4O3/c17-14-3-1-2-13(16(18,19)20)12(14)9-23-11-6-4-10(5-7-11)8-15(21)22/h1-7H,8-9H2,(H,21,22). The van der Waals surface area contributed by atoms with Gasteiger partial charge in [0.1, 0.15) is 18.2 Å². The Bertz CT molecular complexity index is 693. The Labute approximate surface area is 129 Å². The minimum absolute atomic E-state index is 0.175. The molecule has 0 radical (unpaired) electrons. The molecule has 0 heterocycles. The van der Waals surface area contributed by atoms with E-state index in [1.807, 2.05) is 0 Å². The molecular formula is C16H12F4O3. The molecule has 0 saturated carbocycles. The Morgan fingerprint density at radius 3 is 2.30 bits per heavy atom. The van der Waals surface area contributed by atoms with E-state index >= 15 is 0 Å². The molecular weight excluding hydrogens is 316 g/mol. The average Bonchev–Trinajstić information content (AvgIpc) is 2.45. The molecule has 3 nitrogen and oxygen atoms in total. The first kappa shape index (κ1) is 16.8. The molecule has 2 aromatic carbocycles. The van der Waals surface area contributed by atoms with Crippen molar-refractivity contribution in [2.24, 2.45) is 0 Å². The fourth-order valence-electron chi connectivity index (χ4n) is 2.00. The van der Waals surface area contributed by atoms with Gasteiger partial charge in [0.15, 0.2) is 0 Å². The van der Waals surface area contributed by atoms with Crippen LogP contribution >= 0.6 is 0 Å². The van der Waals surface area contributed by atoms with E-state index < -0.39 is 35.7 Å². The number of benzene rings is 2. The van der Waals surface area contributed by atoms with E-state index in [1.165, 1.54) is 24.3 Å². The van der Waals surface area contributed by atoms with Crippen molar-refractivity contribution in [2.45, 2.75) is 19.2 Å². The van der Waals surface area contributed by atoms with E-state index in [0.29, 0.717) is 5.56 Å². The summed E-state index contributed by atoms with van der Waals surface area (Å²) in [5.74, 6) is -1.78. The fraction of sp³-hybridized carbons (Fsp3) is 0.188. The molecule has 0 aromatic heterocycles. The highest BCUT2D eigenvalue weighted by molar-refractivity contribution is 5.70. The largest absolute Gasteiger partial charge is 0.489 e. The topological polar surface area (TPSA) is 46.5 Å². The van der Waals surface area contributed by atoms with Crippen LogP contribution in [0.4, 0.5) is 17.6 Å². The van der Waals surface area contributed by atoms with E-state index in [1.54, 1.807) is 0 Å². The van der Waals surface area contributed by atoms with Crippen molar-refractivity contribution < 1.29 is 32.2 Å². The van der Waals surface area contributed by atoms with Crippen LogP contribution in [0, 0.1) is 5.82 Å². The number of carboxylic acid groups (broad SMARTS) is 1. The van der Waals surface area contributed by atoms with E-state index in [0.717, 1.165) is 18.2 Å². The second-order valence-corrected chi connectivity index (χ2v) is 4.77. The van der Waals surface area contributed by atoms with Gasteiger partial charge in [-0.15, -0.1) is 0 Å². The summed E-state index contributed by atoms with van der Waals surface area (Å²) in [6, 6.07) is 8.52. The molecule has 7 heteroatoms. The molecule has 0 aliphatic heterocycles. The number of ether oxygens (including phenoxy) is 1. The first-order chi connectivity index (χ1) is 10.8. The van der Waals surface area contributed by atoms with Crippen LogP contribution in [0.3, 0.4) is 0 Å². The van der Waals surface area contributed by atoms with Gasteiger partial charge in [0.2, 0.25) is 0 Å². The second-order valence-electron chi connectivity index (χ2n) is 4.77. The maximum Gasteiger partial charge on any atom is 0.416 e. The minimum Gasteiger partial charge on any atom is -0.489 e. The molecule has 2 rings (SSSR count). The summed E-state index contributed by atoms with van der Waals surface area (Å²) in [7, 11) is 0. The third-order valence-corrected chi connectivity index (χ3v) is 3.09. The molecule has 2 aromatic rings. The van der Waals surface area contributed by atoms with Gasteiger partial charge in [0.05, 0.1) is 12.0 Å². The first-order valence-corrected chi connectivity index (χ1v) is 6.55. The van der Waals surface area contributed by atoms with E-state index in [2.05, 4.69) is 0 Å². The average molecular weight is 328 g/mol. The maximum absolute atomic E-state index is 13.6. The highest BCUT2D eigenvalue weighted by Crippen LogP contribution is 2.33. The van der Waals surface area contributed by atoms with Crippen molar-refractivity contribution in [2.75, 3.05) is 0 Å². The molecule has 0 bridgehead atoms. The van der Waals surface area contributed by atoms with Gasteiger partial charge < -0.3 is 9.84 Å². The Kier molecular flexibility index (Phi) is 4.88. The predicted octanol–water partition coefficient (Wildman–Crippen LogP) is 4.05. The van der Waals surface area contributed by atoms with Crippen molar-refractivity contribution in [3.05, 3.63) is 65.0 Å². The number of alkyl halides is 3. The van der Waals surface area contributed by atoms with Crippen molar-refractivity contribution in [3.63, 3.8) is 0 Å². The van der Waals surface area contributed by atoms with Crippen molar-refractivity contribution in [3.8, 4) is 5.75 Å². The number of carboxylic acids is 1. The second kappa shape index (κ2) is 6.68. The van der Waals surface area contributed by atoms with Crippen molar-refractivity contribution >= 4 is 5.97 Å². The van der Waals surface area contributed by atoms with E-state index in [4.69, 9.17) is 9.84 Å². The highest BCUT2D eigenvalue weighted by atomic mass is 19.4. The van der Waals surface area contributed by atoms with Crippen LogP contribution in [0.5, 0.6) is 5.75 Å². The Balaban J connectivity index is 2.14. The summed E-state index contributed by atoms with van der Waals surface area (Å²) < 4.78 is 57.4. The summed E-state index contributed by atoms with van der Waals surface area (Å²) in [6.07, 6.45) is -4.85. The van der Waals surface area contributed by atoms with Gasteiger partial charge in [0, 0.05) is 5.56 Å². The molecule has 0 spiro atoms. The van der Waals surface area contributed by atoms with Gasteiger partial charge >= 0.3 is 12.1 Å². The molecule has 0 aliphatic carbocycles. The quantitative estimate of drug-likeness (QED) is 0.842. The lowest BCUT2D eigenvalue weighted by molar-refractivity contribution is -0.139. The molecule has 0 aliphatic rings. The molecule has 1 N–H and O–H groups in total. The molecule has 0 fully saturated rings. The third kappa shape index (κ3) is 4.45. The molecule has 122 valence electrons. The van der Waals surface area contributed by atoms with Gasteiger partial charge in [-0.2, -0.15) is 13.2 Å². The lowest BCUT2D eigenvalue weighted by Gasteiger charge is -2.14. The van der Waals surface area contributed by atoms with Gasteiger partial charge in [-0.25, -0.2) is 4.39 Å². The lowest BCUT2D eigenvalue weighted by Crippen LogP contribution is -2.12. The first-order valence-electron chi connectivity index (χ1n) is 6.55. The summed E-state index contributed by atoms with van der Waals surface area (Å²) >= 11 is 0. The summed E-state index contributed by atoms with van der Waals surface area (Å²) in [5, 5.41) is 8.65. The highest BCUT2D eigenvalue weighted by Gasteiger charge is 2.34. The number of hydrogen-bond donors (Lipinski definition) is 1. The van der Waals surface area contributed by atoms with Crippen LogP contribution in [-0.2, 0) is 24.0 Å². The summed E-state index contributed by atoms with van der Waals surface area (Å²) in [5.41, 5.74) is -1.14. The maximum atomic E-state index is 13.6. The molecule has 0 amide bonds.